The van der Waals surface area contributed by atoms with Crippen LogP contribution in [0, 0.1) is 5.92 Å². The van der Waals surface area contributed by atoms with E-state index in [1.165, 1.54) is 11.8 Å². The fourth-order valence-electron chi connectivity index (χ4n) is 4.25. The Bertz CT molecular complexity index is 971. The number of carbonyl (C=O) groups excluding carboxylic acids is 1. The maximum absolute atomic E-state index is 12.5. The summed E-state index contributed by atoms with van der Waals surface area (Å²) in [7, 11) is 0. The number of thioether (sulfide) groups is 1. The zero-order chi connectivity index (χ0) is 20.4. The van der Waals surface area contributed by atoms with Crippen LogP contribution in [0.15, 0.2) is 47.3 Å². The monoisotopic (exact) mass is 428 g/mol. The Kier molecular flexibility index (Phi) is 6.06. The standard InChI is InChI=1S/C22H24N2O3S2/c1-2-27-18-8-6-16(7-9-18)20(25)14-29-22(28)23-11-15-10-17(13-23)19-4-3-5-21(26)24(19)12-15/h3-9,15,17H,2,10-14H2,1H3/t15-,17-/m0/s1. The second-order valence-electron chi connectivity index (χ2n) is 7.54. The van der Waals surface area contributed by atoms with Gasteiger partial charge in [0.1, 0.15) is 10.1 Å². The molecule has 7 heteroatoms. The molecule has 2 atom stereocenters. The smallest absolute Gasteiger partial charge is 0.250 e. The first kappa shape index (κ1) is 20.2. The number of aromatic nitrogens is 1. The third-order valence-corrected chi connectivity index (χ3v) is 7.08. The molecule has 2 aromatic rings. The van der Waals surface area contributed by atoms with Gasteiger partial charge in [-0.25, -0.2) is 0 Å². The van der Waals surface area contributed by atoms with Crippen LogP contribution in [0.1, 0.15) is 35.3 Å². The third-order valence-electron chi connectivity index (χ3n) is 5.55. The number of hydrogen-bond donors (Lipinski definition) is 0. The number of pyridine rings is 1. The summed E-state index contributed by atoms with van der Waals surface area (Å²) in [6.45, 7) is 4.94. The van der Waals surface area contributed by atoms with Crippen LogP contribution in [-0.4, -0.2) is 45.0 Å². The number of carbonyl (C=O) groups is 1. The van der Waals surface area contributed by atoms with Gasteiger partial charge in [0.2, 0.25) is 0 Å². The van der Waals surface area contributed by atoms with Crippen LogP contribution in [0.5, 0.6) is 5.75 Å². The summed E-state index contributed by atoms with van der Waals surface area (Å²) in [6, 6.07) is 12.8. The molecular formula is C22H24N2O3S2. The fourth-order valence-corrected chi connectivity index (χ4v) is 5.33. The van der Waals surface area contributed by atoms with Gasteiger partial charge >= 0.3 is 0 Å². The molecule has 2 aliphatic heterocycles. The molecule has 0 spiro atoms. The molecule has 1 aromatic carbocycles. The summed E-state index contributed by atoms with van der Waals surface area (Å²) in [6.07, 6.45) is 1.10. The van der Waals surface area contributed by atoms with Gasteiger partial charge in [-0.3, -0.25) is 9.59 Å². The second kappa shape index (κ2) is 8.71. The molecule has 0 unspecified atom stereocenters. The summed E-state index contributed by atoms with van der Waals surface area (Å²) in [5.41, 5.74) is 1.87. The van der Waals surface area contributed by atoms with Gasteiger partial charge in [0.05, 0.1) is 12.4 Å². The summed E-state index contributed by atoms with van der Waals surface area (Å²) in [5.74, 6) is 1.90. The number of thiocarbonyl (C=S) groups is 1. The van der Waals surface area contributed by atoms with Crippen molar-refractivity contribution in [2.24, 2.45) is 5.92 Å². The molecule has 0 aliphatic carbocycles. The zero-order valence-electron chi connectivity index (χ0n) is 16.4. The molecule has 29 heavy (non-hydrogen) atoms. The minimum Gasteiger partial charge on any atom is -0.494 e. The van der Waals surface area contributed by atoms with Gasteiger partial charge in [-0.15, -0.1) is 0 Å². The van der Waals surface area contributed by atoms with Crippen molar-refractivity contribution in [1.82, 2.24) is 9.47 Å². The van der Waals surface area contributed by atoms with Crippen LogP contribution in [0.2, 0.25) is 0 Å². The van der Waals surface area contributed by atoms with Gasteiger partial charge in [0.15, 0.2) is 5.78 Å². The zero-order valence-corrected chi connectivity index (χ0v) is 18.0. The quantitative estimate of drug-likeness (QED) is 0.536. The van der Waals surface area contributed by atoms with E-state index in [-0.39, 0.29) is 11.3 Å². The van der Waals surface area contributed by atoms with Crippen molar-refractivity contribution in [3.63, 3.8) is 0 Å². The van der Waals surface area contributed by atoms with E-state index in [1.807, 2.05) is 29.7 Å². The van der Waals surface area contributed by atoms with E-state index < -0.39 is 0 Å². The van der Waals surface area contributed by atoms with E-state index in [2.05, 4.69) is 11.0 Å². The predicted octanol–water partition coefficient (Wildman–Crippen LogP) is 3.57. The highest BCUT2D eigenvalue weighted by Crippen LogP contribution is 2.36. The first-order valence-electron chi connectivity index (χ1n) is 9.92. The Hall–Kier alpha value is -2.12. The van der Waals surface area contributed by atoms with Gasteiger partial charge in [0.25, 0.3) is 5.56 Å². The molecule has 0 amide bonds. The molecule has 1 aromatic heterocycles. The number of fused-ring (bicyclic) bond motifs is 4. The molecule has 2 aliphatic rings. The van der Waals surface area contributed by atoms with Crippen molar-refractivity contribution >= 4 is 34.1 Å². The van der Waals surface area contributed by atoms with E-state index in [4.69, 9.17) is 17.0 Å². The maximum Gasteiger partial charge on any atom is 0.250 e. The molecule has 3 heterocycles. The Morgan fingerprint density at radius 2 is 1.97 bits per heavy atom. The van der Waals surface area contributed by atoms with Crippen LogP contribution in [-0.2, 0) is 6.54 Å². The van der Waals surface area contributed by atoms with Crippen LogP contribution in [0.4, 0.5) is 0 Å². The van der Waals surface area contributed by atoms with Crippen LogP contribution in [0.3, 0.4) is 0 Å². The Balaban J connectivity index is 1.36. The van der Waals surface area contributed by atoms with Crippen molar-refractivity contribution in [1.29, 1.82) is 0 Å². The molecule has 0 saturated carbocycles. The number of Topliss-reactive ketones (excluding diaryl/α,β-unsaturated/α-hetero) is 1. The molecular weight excluding hydrogens is 404 g/mol. The number of hydrogen-bond acceptors (Lipinski definition) is 5. The largest absolute Gasteiger partial charge is 0.494 e. The number of piperidine rings is 1. The number of nitrogens with zero attached hydrogens (tertiary/aromatic N) is 2. The number of rotatable bonds is 5. The SMILES string of the molecule is CCOc1ccc(C(=O)CSC(=S)N2C[C@@H]3C[C@@H](C2)c2cccc(=O)n2C3)cc1. The van der Waals surface area contributed by atoms with Gasteiger partial charge < -0.3 is 14.2 Å². The summed E-state index contributed by atoms with van der Waals surface area (Å²) in [5, 5.41) is 0. The van der Waals surface area contributed by atoms with Crippen LogP contribution < -0.4 is 10.3 Å². The molecule has 5 nitrogen and oxygen atoms in total. The minimum absolute atomic E-state index is 0.0644. The average Bonchev–Trinajstić information content (AvgIpc) is 2.73. The van der Waals surface area contributed by atoms with Crippen LogP contribution >= 0.6 is 24.0 Å². The van der Waals surface area contributed by atoms with E-state index in [9.17, 15) is 9.59 Å². The van der Waals surface area contributed by atoms with E-state index >= 15 is 0 Å². The third kappa shape index (κ3) is 4.41. The van der Waals surface area contributed by atoms with Gasteiger partial charge in [-0.1, -0.05) is 30.0 Å². The average molecular weight is 429 g/mol. The number of likely N-dealkylation sites (tertiary alicyclic amines) is 1. The highest BCUT2D eigenvalue weighted by atomic mass is 32.2. The van der Waals surface area contributed by atoms with Gasteiger partial charge in [-0.05, 0) is 49.6 Å². The van der Waals surface area contributed by atoms with Gasteiger partial charge in [-0.2, -0.15) is 0 Å². The number of ketones is 1. The van der Waals surface area contributed by atoms with Crippen molar-refractivity contribution in [2.45, 2.75) is 25.8 Å². The highest BCUT2D eigenvalue weighted by molar-refractivity contribution is 8.23. The lowest BCUT2D eigenvalue weighted by molar-refractivity contribution is 0.102. The minimum atomic E-state index is 0.0644. The lowest BCUT2D eigenvalue weighted by atomic mass is 9.83. The number of ether oxygens (including phenoxy) is 1. The van der Waals surface area contributed by atoms with Crippen molar-refractivity contribution in [3.8, 4) is 5.75 Å². The highest BCUT2D eigenvalue weighted by Gasteiger charge is 2.35. The Morgan fingerprint density at radius 1 is 1.17 bits per heavy atom. The normalized spacial score (nSPS) is 20.1. The lowest BCUT2D eigenvalue weighted by Crippen LogP contribution is -2.48. The first-order chi connectivity index (χ1) is 14.0. The summed E-state index contributed by atoms with van der Waals surface area (Å²) >= 11 is 7.08. The fraction of sp³-hybridized carbons (Fsp3) is 0.409. The first-order valence-corrected chi connectivity index (χ1v) is 11.3. The van der Waals surface area contributed by atoms with Crippen molar-refractivity contribution in [3.05, 3.63) is 64.1 Å². The number of benzene rings is 1. The molecule has 0 radical (unpaired) electrons. The van der Waals surface area contributed by atoms with Crippen molar-refractivity contribution < 1.29 is 9.53 Å². The molecule has 0 N–H and O–H groups in total. The molecule has 152 valence electrons. The Morgan fingerprint density at radius 3 is 2.72 bits per heavy atom. The summed E-state index contributed by atoms with van der Waals surface area (Å²) < 4.78 is 8.11. The van der Waals surface area contributed by atoms with Crippen molar-refractivity contribution in [2.75, 3.05) is 25.4 Å². The predicted molar refractivity (Wildman–Crippen MR) is 120 cm³/mol. The Labute approximate surface area is 180 Å². The maximum atomic E-state index is 12.5. The van der Waals surface area contributed by atoms with Gasteiger partial charge in [0, 0.05) is 42.9 Å². The lowest BCUT2D eigenvalue weighted by Gasteiger charge is -2.43. The van der Waals surface area contributed by atoms with E-state index in [0.717, 1.165) is 41.8 Å². The van der Waals surface area contributed by atoms with Crippen LogP contribution in [0.25, 0.3) is 0 Å². The molecule has 2 bridgehead atoms. The molecule has 4 rings (SSSR count). The summed E-state index contributed by atoms with van der Waals surface area (Å²) in [4.78, 5) is 26.9. The van der Waals surface area contributed by atoms with E-state index in [0.29, 0.717) is 29.8 Å². The second-order valence-corrected chi connectivity index (χ2v) is 9.15. The van der Waals surface area contributed by atoms with E-state index in [1.54, 1.807) is 18.2 Å². The topological polar surface area (TPSA) is 51.5 Å². The molecule has 1 fully saturated rings. The molecule has 1 saturated heterocycles.